The van der Waals surface area contributed by atoms with E-state index < -0.39 is 5.60 Å². The number of nitrogens with zero attached hydrogens (tertiary/aromatic N) is 2. The normalized spacial score (nSPS) is 16.8. The van der Waals surface area contributed by atoms with Gasteiger partial charge in [0.15, 0.2) is 0 Å². The number of hydrogen-bond acceptors (Lipinski definition) is 3. The summed E-state index contributed by atoms with van der Waals surface area (Å²) in [5, 5.41) is 0.701. The summed E-state index contributed by atoms with van der Waals surface area (Å²) in [5.74, 6) is 1.31. The van der Waals surface area contributed by atoms with E-state index in [1.165, 1.54) is 0 Å². The highest BCUT2D eigenvalue weighted by atomic mass is 35.5. The van der Waals surface area contributed by atoms with Crippen LogP contribution in [-0.2, 0) is 4.74 Å². The average molecular weight is 336 g/mol. The summed E-state index contributed by atoms with van der Waals surface area (Å²) in [4.78, 5) is 21.9. The molecule has 1 aromatic heterocycles. The Bertz CT molecular complexity index is 712. The van der Waals surface area contributed by atoms with Crippen LogP contribution < -0.4 is 0 Å². The number of aromatic nitrogens is 2. The molecule has 3 rings (SSSR count). The van der Waals surface area contributed by atoms with Gasteiger partial charge in [-0.2, -0.15) is 0 Å². The molecule has 1 fully saturated rings. The second-order valence-corrected chi connectivity index (χ2v) is 7.46. The maximum absolute atomic E-state index is 12.1. The predicted octanol–water partition coefficient (Wildman–Crippen LogP) is 4.33. The maximum atomic E-state index is 12.1. The molecule has 0 spiro atoms. The second kappa shape index (κ2) is 6.04. The van der Waals surface area contributed by atoms with Crippen LogP contribution in [0.25, 0.3) is 11.0 Å². The highest BCUT2D eigenvalue weighted by molar-refractivity contribution is 6.31. The van der Waals surface area contributed by atoms with Crippen molar-refractivity contribution in [3.8, 4) is 0 Å². The molecule has 0 aliphatic carbocycles. The zero-order valence-corrected chi connectivity index (χ0v) is 14.5. The molecule has 1 N–H and O–H groups in total. The van der Waals surface area contributed by atoms with Crippen LogP contribution in [-0.4, -0.2) is 39.7 Å². The molecule has 2 heterocycles. The largest absolute Gasteiger partial charge is 0.444 e. The molecule has 1 aromatic carbocycles. The van der Waals surface area contributed by atoms with E-state index in [1.807, 2.05) is 39.0 Å². The number of ether oxygens (including phenoxy) is 1. The Morgan fingerprint density at radius 1 is 1.35 bits per heavy atom. The number of rotatable bonds is 1. The summed E-state index contributed by atoms with van der Waals surface area (Å²) in [6, 6.07) is 5.66. The van der Waals surface area contributed by atoms with Crippen molar-refractivity contribution in [1.29, 1.82) is 0 Å². The molecule has 6 heteroatoms. The van der Waals surface area contributed by atoms with E-state index >= 15 is 0 Å². The third kappa shape index (κ3) is 3.78. The van der Waals surface area contributed by atoms with Crippen LogP contribution >= 0.6 is 11.6 Å². The van der Waals surface area contributed by atoms with Crippen LogP contribution in [0.2, 0.25) is 5.02 Å². The number of carbonyl (C=O) groups is 1. The molecule has 1 aliphatic heterocycles. The van der Waals surface area contributed by atoms with E-state index in [2.05, 4.69) is 9.97 Å². The second-order valence-electron chi connectivity index (χ2n) is 7.03. The summed E-state index contributed by atoms with van der Waals surface area (Å²) < 4.78 is 5.43. The van der Waals surface area contributed by atoms with Gasteiger partial charge in [0.05, 0.1) is 11.0 Å². The quantitative estimate of drug-likeness (QED) is 0.843. The van der Waals surface area contributed by atoms with Crippen molar-refractivity contribution < 1.29 is 9.53 Å². The van der Waals surface area contributed by atoms with Gasteiger partial charge in [0.25, 0.3) is 0 Å². The van der Waals surface area contributed by atoms with Crippen molar-refractivity contribution in [3.05, 3.63) is 29.0 Å². The molecule has 23 heavy (non-hydrogen) atoms. The van der Waals surface area contributed by atoms with Gasteiger partial charge >= 0.3 is 6.09 Å². The molecule has 0 unspecified atom stereocenters. The molecular weight excluding hydrogens is 314 g/mol. The molecule has 0 bridgehead atoms. The molecule has 0 atom stereocenters. The summed E-state index contributed by atoms with van der Waals surface area (Å²) >= 11 is 6.01. The molecule has 0 radical (unpaired) electrons. The summed E-state index contributed by atoms with van der Waals surface area (Å²) in [6.45, 7) is 7.04. The van der Waals surface area contributed by atoms with E-state index in [0.29, 0.717) is 24.0 Å². The molecule has 1 amide bonds. The number of amides is 1. The van der Waals surface area contributed by atoms with E-state index in [1.54, 1.807) is 4.90 Å². The topological polar surface area (TPSA) is 58.2 Å². The van der Waals surface area contributed by atoms with Crippen LogP contribution in [0.4, 0.5) is 4.79 Å². The van der Waals surface area contributed by atoms with Crippen LogP contribution in [0, 0.1) is 0 Å². The molecule has 2 aromatic rings. The number of piperidine rings is 1. The lowest BCUT2D eigenvalue weighted by atomic mass is 9.96. The molecule has 124 valence electrons. The predicted molar refractivity (Wildman–Crippen MR) is 90.9 cm³/mol. The first-order valence-electron chi connectivity index (χ1n) is 7.95. The summed E-state index contributed by atoms with van der Waals surface area (Å²) in [5.41, 5.74) is 1.44. The fraction of sp³-hybridized carbons (Fsp3) is 0.529. The smallest absolute Gasteiger partial charge is 0.410 e. The number of hydrogen-bond donors (Lipinski definition) is 1. The van der Waals surface area contributed by atoms with Crippen molar-refractivity contribution in [2.45, 2.75) is 45.1 Å². The van der Waals surface area contributed by atoms with Gasteiger partial charge in [-0.3, -0.25) is 0 Å². The van der Waals surface area contributed by atoms with Crippen molar-refractivity contribution >= 4 is 28.7 Å². The van der Waals surface area contributed by atoms with Gasteiger partial charge in [0, 0.05) is 24.0 Å². The van der Waals surface area contributed by atoms with Crippen molar-refractivity contribution in [1.82, 2.24) is 14.9 Å². The first-order valence-corrected chi connectivity index (χ1v) is 8.33. The van der Waals surface area contributed by atoms with Gasteiger partial charge < -0.3 is 14.6 Å². The molecule has 1 saturated heterocycles. The number of benzene rings is 1. The molecular formula is C17H22ClN3O2. The van der Waals surface area contributed by atoms with E-state index in [-0.39, 0.29) is 6.09 Å². The molecule has 5 nitrogen and oxygen atoms in total. The number of nitrogens with one attached hydrogen (secondary N) is 1. The molecule has 0 saturated carbocycles. The number of fused-ring (bicyclic) bond motifs is 1. The fourth-order valence-electron chi connectivity index (χ4n) is 2.86. The lowest BCUT2D eigenvalue weighted by molar-refractivity contribution is 0.0203. The lowest BCUT2D eigenvalue weighted by Gasteiger charge is -2.32. The van der Waals surface area contributed by atoms with Crippen LogP contribution in [0.15, 0.2) is 18.2 Å². The first-order chi connectivity index (χ1) is 10.8. The zero-order valence-electron chi connectivity index (χ0n) is 13.7. The van der Waals surface area contributed by atoms with Gasteiger partial charge in [0.1, 0.15) is 11.4 Å². The number of H-pyrrole nitrogens is 1. The number of aromatic amines is 1. The van der Waals surface area contributed by atoms with Crippen LogP contribution in [0.1, 0.15) is 45.4 Å². The Kier molecular flexibility index (Phi) is 4.23. The highest BCUT2D eigenvalue weighted by Crippen LogP contribution is 2.29. The first kappa shape index (κ1) is 16.1. The van der Waals surface area contributed by atoms with Crippen molar-refractivity contribution in [3.63, 3.8) is 0 Å². The van der Waals surface area contributed by atoms with Gasteiger partial charge in [-0.25, -0.2) is 9.78 Å². The van der Waals surface area contributed by atoms with Gasteiger partial charge in [-0.05, 0) is 51.8 Å². The van der Waals surface area contributed by atoms with Gasteiger partial charge in [-0.15, -0.1) is 0 Å². The monoisotopic (exact) mass is 335 g/mol. The van der Waals surface area contributed by atoms with Crippen LogP contribution in [0.5, 0.6) is 0 Å². The molecule has 1 aliphatic rings. The van der Waals surface area contributed by atoms with Gasteiger partial charge in [-0.1, -0.05) is 11.6 Å². The van der Waals surface area contributed by atoms with E-state index in [0.717, 1.165) is 29.7 Å². The summed E-state index contributed by atoms with van der Waals surface area (Å²) in [6.07, 6.45) is 1.53. The van der Waals surface area contributed by atoms with Crippen LogP contribution in [0.3, 0.4) is 0 Å². The fourth-order valence-corrected chi connectivity index (χ4v) is 3.03. The third-order valence-corrected chi connectivity index (χ3v) is 4.23. The number of carbonyl (C=O) groups excluding carboxylic acids is 1. The Morgan fingerprint density at radius 3 is 2.70 bits per heavy atom. The Morgan fingerprint density at radius 2 is 2.04 bits per heavy atom. The number of halogens is 1. The number of likely N-dealkylation sites (tertiary alicyclic amines) is 1. The van der Waals surface area contributed by atoms with E-state index in [9.17, 15) is 4.79 Å². The minimum atomic E-state index is -0.452. The summed E-state index contributed by atoms with van der Waals surface area (Å²) in [7, 11) is 0. The third-order valence-electron chi connectivity index (χ3n) is 4.00. The number of imidazole rings is 1. The Labute approximate surface area is 141 Å². The van der Waals surface area contributed by atoms with E-state index in [4.69, 9.17) is 16.3 Å². The van der Waals surface area contributed by atoms with Crippen molar-refractivity contribution in [2.24, 2.45) is 0 Å². The SMILES string of the molecule is CC(C)(C)OC(=O)N1CCC(c2nc3ccc(Cl)cc3[nH]2)CC1. The lowest BCUT2D eigenvalue weighted by Crippen LogP contribution is -2.41. The standard InChI is InChI=1S/C17H22ClN3O2/c1-17(2,3)23-16(22)21-8-6-11(7-9-21)15-19-13-5-4-12(18)10-14(13)20-15/h4-5,10-11H,6-9H2,1-3H3,(H,19,20). The maximum Gasteiger partial charge on any atom is 0.410 e. The Balaban J connectivity index is 1.65. The Hall–Kier alpha value is -1.75. The zero-order chi connectivity index (χ0) is 16.6. The van der Waals surface area contributed by atoms with Crippen molar-refractivity contribution in [2.75, 3.05) is 13.1 Å². The minimum Gasteiger partial charge on any atom is -0.444 e. The average Bonchev–Trinajstić information content (AvgIpc) is 2.88. The van der Waals surface area contributed by atoms with Gasteiger partial charge in [0.2, 0.25) is 0 Å². The highest BCUT2D eigenvalue weighted by Gasteiger charge is 2.28. The minimum absolute atomic E-state index is 0.229.